The van der Waals surface area contributed by atoms with Crippen LogP contribution in [0.2, 0.25) is 0 Å². The Hall–Kier alpha value is -1.86. The number of fused-ring (bicyclic) bond motifs is 1. The molecule has 2 aromatic rings. The van der Waals surface area contributed by atoms with Gasteiger partial charge in [-0.1, -0.05) is 34.1 Å². The molecule has 132 valence electrons. The molecule has 0 bridgehead atoms. The summed E-state index contributed by atoms with van der Waals surface area (Å²) in [6, 6.07) is 10.8. The fourth-order valence-corrected chi connectivity index (χ4v) is 3.36. The Morgan fingerprint density at radius 1 is 1.20 bits per heavy atom. The minimum atomic E-state index is -4.41. The Morgan fingerprint density at radius 3 is 2.60 bits per heavy atom. The maximum Gasteiger partial charge on any atom is 0.416 e. The lowest BCUT2D eigenvalue weighted by atomic mass is 9.98. The van der Waals surface area contributed by atoms with Gasteiger partial charge >= 0.3 is 6.18 Å². The largest absolute Gasteiger partial charge is 0.416 e. The second-order valence-corrected chi connectivity index (χ2v) is 6.73. The minimum absolute atomic E-state index is 0.0761. The highest BCUT2D eigenvalue weighted by molar-refractivity contribution is 9.10. The van der Waals surface area contributed by atoms with Gasteiger partial charge in [-0.25, -0.2) is 4.99 Å². The van der Waals surface area contributed by atoms with E-state index in [2.05, 4.69) is 20.9 Å². The lowest BCUT2D eigenvalue weighted by molar-refractivity contribution is -0.137. The van der Waals surface area contributed by atoms with Crippen molar-refractivity contribution in [2.45, 2.75) is 19.1 Å². The first kappa shape index (κ1) is 17.9. The third-order valence-electron chi connectivity index (χ3n) is 4.20. The zero-order chi connectivity index (χ0) is 18.2. The molecule has 0 spiro atoms. The summed E-state index contributed by atoms with van der Waals surface area (Å²) < 4.78 is 39.9. The number of hydrogen-bond donors (Lipinski definition) is 1. The zero-order valence-electron chi connectivity index (χ0n) is 13.4. The number of nitrogens with zero attached hydrogens (tertiary/aromatic N) is 2. The number of aliphatic hydroxyl groups is 1. The fraction of sp³-hybridized carbons (Fsp3) is 0.278. The van der Waals surface area contributed by atoms with Gasteiger partial charge in [-0.3, -0.25) is 0 Å². The molecule has 0 saturated carbocycles. The highest BCUT2D eigenvalue weighted by atomic mass is 79.9. The van der Waals surface area contributed by atoms with Crippen LogP contribution in [0.5, 0.6) is 0 Å². The van der Waals surface area contributed by atoms with Gasteiger partial charge in [-0.15, -0.1) is 0 Å². The van der Waals surface area contributed by atoms with Crippen LogP contribution in [0.25, 0.3) is 0 Å². The average Bonchev–Trinajstić information content (AvgIpc) is 2.56. The van der Waals surface area contributed by atoms with Crippen LogP contribution in [0.4, 0.5) is 18.9 Å². The standard InChI is InChI=1S/C18H16BrF3N2O/c1-11-15-6-5-13(18(20,21)22)10-16(15)23-17(24(11)7-8-25)12-3-2-4-14(19)9-12/h2-6,9-11,25H,7-8H2,1H3. The van der Waals surface area contributed by atoms with E-state index in [4.69, 9.17) is 0 Å². The summed E-state index contributed by atoms with van der Waals surface area (Å²) in [5.41, 5.74) is 1.08. The summed E-state index contributed by atoms with van der Waals surface area (Å²) in [6.07, 6.45) is -4.41. The maximum atomic E-state index is 13.0. The second-order valence-electron chi connectivity index (χ2n) is 5.81. The third-order valence-corrected chi connectivity index (χ3v) is 4.69. The molecule has 0 radical (unpaired) electrons. The van der Waals surface area contributed by atoms with Gasteiger partial charge in [0.15, 0.2) is 0 Å². The number of aliphatic imine (C=N–C) groups is 1. The van der Waals surface area contributed by atoms with Crippen LogP contribution < -0.4 is 0 Å². The van der Waals surface area contributed by atoms with E-state index in [1.165, 1.54) is 6.07 Å². The number of aliphatic hydroxyl groups excluding tert-OH is 1. The molecule has 1 unspecified atom stereocenters. The molecule has 3 rings (SSSR count). The molecule has 1 aliphatic rings. The second kappa shape index (κ2) is 6.80. The van der Waals surface area contributed by atoms with Crippen molar-refractivity contribution in [3.63, 3.8) is 0 Å². The number of hydrogen-bond acceptors (Lipinski definition) is 3. The van der Waals surface area contributed by atoms with Crippen LogP contribution in [-0.2, 0) is 6.18 Å². The van der Waals surface area contributed by atoms with E-state index in [9.17, 15) is 18.3 Å². The summed E-state index contributed by atoms with van der Waals surface area (Å²) in [5, 5.41) is 9.40. The number of amidine groups is 1. The minimum Gasteiger partial charge on any atom is -0.395 e. The lowest BCUT2D eigenvalue weighted by Crippen LogP contribution is -2.38. The Bertz CT molecular complexity index is 820. The summed E-state index contributed by atoms with van der Waals surface area (Å²) in [6.45, 7) is 2.16. The Kier molecular flexibility index (Phi) is 4.88. The van der Waals surface area contributed by atoms with Gasteiger partial charge in [-0.2, -0.15) is 13.2 Å². The molecule has 1 N–H and O–H groups in total. The smallest absolute Gasteiger partial charge is 0.395 e. The monoisotopic (exact) mass is 412 g/mol. The molecule has 0 amide bonds. The van der Waals surface area contributed by atoms with Crippen LogP contribution in [0.3, 0.4) is 0 Å². The van der Waals surface area contributed by atoms with E-state index in [0.29, 0.717) is 23.6 Å². The van der Waals surface area contributed by atoms with E-state index in [1.54, 1.807) is 0 Å². The van der Waals surface area contributed by atoms with Crippen molar-refractivity contribution in [2.75, 3.05) is 13.2 Å². The van der Waals surface area contributed by atoms with Crippen molar-refractivity contribution in [2.24, 2.45) is 4.99 Å². The molecule has 25 heavy (non-hydrogen) atoms. The summed E-state index contributed by atoms with van der Waals surface area (Å²) in [7, 11) is 0. The highest BCUT2D eigenvalue weighted by Gasteiger charge is 2.33. The van der Waals surface area contributed by atoms with Crippen LogP contribution in [0.15, 0.2) is 51.9 Å². The van der Waals surface area contributed by atoms with Crippen LogP contribution in [0, 0.1) is 0 Å². The van der Waals surface area contributed by atoms with E-state index in [1.807, 2.05) is 36.1 Å². The molecule has 1 atom stereocenters. The van der Waals surface area contributed by atoms with Gasteiger partial charge in [0.1, 0.15) is 5.84 Å². The van der Waals surface area contributed by atoms with E-state index >= 15 is 0 Å². The lowest BCUT2D eigenvalue weighted by Gasteiger charge is -2.36. The highest BCUT2D eigenvalue weighted by Crippen LogP contribution is 2.40. The Morgan fingerprint density at radius 2 is 1.96 bits per heavy atom. The molecule has 0 aliphatic carbocycles. The first-order valence-electron chi connectivity index (χ1n) is 7.74. The molecule has 0 saturated heterocycles. The zero-order valence-corrected chi connectivity index (χ0v) is 15.0. The number of β-amino-alcohol motifs (C(OH)–C–C–N with tert-alkyl or cyclic N) is 1. The predicted octanol–water partition coefficient (Wildman–Crippen LogP) is 4.92. The van der Waals surface area contributed by atoms with Gasteiger partial charge in [0.2, 0.25) is 0 Å². The molecular weight excluding hydrogens is 397 g/mol. The van der Waals surface area contributed by atoms with E-state index < -0.39 is 11.7 Å². The number of benzene rings is 2. The summed E-state index contributed by atoms with van der Waals surface area (Å²) in [5.74, 6) is 0.551. The molecule has 1 heterocycles. The van der Waals surface area contributed by atoms with Gasteiger partial charge in [0.05, 0.1) is 23.9 Å². The van der Waals surface area contributed by atoms with Gasteiger partial charge in [0, 0.05) is 22.1 Å². The van der Waals surface area contributed by atoms with Crippen LogP contribution in [-0.4, -0.2) is 29.0 Å². The first-order valence-corrected chi connectivity index (χ1v) is 8.54. The average molecular weight is 413 g/mol. The Balaban J connectivity index is 2.16. The maximum absolute atomic E-state index is 13.0. The Labute approximate surface area is 151 Å². The van der Waals surface area contributed by atoms with E-state index in [0.717, 1.165) is 22.2 Å². The molecule has 3 nitrogen and oxygen atoms in total. The summed E-state index contributed by atoms with van der Waals surface area (Å²) >= 11 is 3.40. The van der Waals surface area contributed by atoms with Gasteiger partial charge < -0.3 is 10.0 Å². The van der Waals surface area contributed by atoms with Crippen molar-refractivity contribution in [1.82, 2.24) is 4.90 Å². The van der Waals surface area contributed by atoms with Crippen molar-refractivity contribution in [1.29, 1.82) is 0 Å². The summed E-state index contributed by atoms with van der Waals surface area (Å²) in [4.78, 5) is 6.39. The van der Waals surface area contributed by atoms with Crippen LogP contribution in [0.1, 0.15) is 29.7 Å². The van der Waals surface area contributed by atoms with Crippen molar-refractivity contribution < 1.29 is 18.3 Å². The number of alkyl halides is 3. The van der Waals surface area contributed by atoms with E-state index in [-0.39, 0.29) is 12.6 Å². The molecule has 7 heteroatoms. The third kappa shape index (κ3) is 3.57. The van der Waals surface area contributed by atoms with Crippen molar-refractivity contribution in [3.8, 4) is 0 Å². The first-order chi connectivity index (χ1) is 11.8. The fourth-order valence-electron chi connectivity index (χ4n) is 2.96. The molecule has 2 aromatic carbocycles. The molecular formula is C18H16BrF3N2O. The number of halogens is 4. The van der Waals surface area contributed by atoms with Gasteiger partial charge in [0.25, 0.3) is 0 Å². The predicted molar refractivity (Wildman–Crippen MR) is 94.0 cm³/mol. The van der Waals surface area contributed by atoms with Crippen molar-refractivity contribution in [3.05, 3.63) is 63.6 Å². The molecule has 1 aliphatic heterocycles. The topological polar surface area (TPSA) is 35.8 Å². The SMILES string of the molecule is CC1c2ccc(C(F)(F)F)cc2N=C(c2cccc(Br)c2)N1CCO. The van der Waals surface area contributed by atoms with Crippen LogP contribution >= 0.6 is 15.9 Å². The molecule has 0 fully saturated rings. The normalized spacial score (nSPS) is 17.3. The van der Waals surface area contributed by atoms with Gasteiger partial charge in [-0.05, 0) is 31.2 Å². The van der Waals surface area contributed by atoms with Crippen molar-refractivity contribution >= 4 is 27.5 Å². The molecule has 0 aromatic heterocycles. The quantitative estimate of drug-likeness (QED) is 0.776. The number of rotatable bonds is 3.